The van der Waals surface area contributed by atoms with Crippen LogP contribution in [0, 0.1) is 0 Å². The van der Waals surface area contributed by atoms with Gasteiger partial charge < -0.3 is 4.98 Å². The van der Waals surface area contributed by atoms with E-state index >= 15 is 0 Å². The minimum atomic E-state index is 0.0883. The summed E-state index contributed by atoms with van der Waals surface area (Å²) in [6.45, 7) is 6.48. The Balaban J connectivity index is 2.12. The summed E-state index contributed by atoms with van der Waals surface area (Å²) >= 11 is 0. The monoisotopic (exact) mass is 242 g/mol. The molecule has 2 rings (SSSR count). The van der Waals surface area contributed by atoms with Crippen LogP contribution in [0.25, 0.3) is 0 Å². The summed E-state index contributed by atoms with van der Waals surface area (Å²) in [7, 11) is 0. The quantitative estimate of drug-likeness (QED) is 0.840. The zero-order chi connectivity index (χ0) is 13.2. The van der Waals surface area contributed by atoms with E-state index in [-0.39, 0.29) is 11.2 Å². The van der Waals surface area contributed by atoms with Gasteiger partial charge in [0.2, 0.25) is 0 Å². The van der Waals surface area contributed by atoms with E-state index in [0.717, 1.165) is 5.56 Å². The fourth-order valence-electron chi connectivity index (χ4n) is 1.80. The van der Waals surface area contributed by atoms with Gasteiger partial charge in [0, 0.05) is 18.0 Å². The van der Waals surface area contributed by atoms with Crippen LogP contribution < -0.4 is 0 Å². The molecule has 0 fully saturated rings. The lowest BCUT2D eigenvalue weighted by molar-refractivity contribution is 0.0991. The predicted octanol–water partition coefficient (Wildman–Crippen LogP) is 3.13. The molecule has 0 unspecified atom stereocenters. The minimum Gasteiger partial charge on any atom is -0.348 e. The van der Waals surface area contributed by atoms with Gasteiger partial charge in [0.05, 0.1) is 6.42 Å². The van der Waals surface area contributed by atoms with Crippen molar-refractivity contribution < 1.29 is 4.79 Å². The molecule has 1 aromatic heterocycles. The van der Waals surface area contributed by atoms with E-state index in [1.54, 1.807) is 12.4 Å². The number of carbonyl (C=O) groups excluding carboxylic acids is 1. The summed E-state index contributed by atoms with van der Waals surface area (Å²) in [5, 5.41) is 0. The number of imidazole rings is 1. The second kappa shape index (κ2) is 4.77. The number of benzene rings is 1. The molecule has 1 heterocycles. The zero-order valence-electron chi connectivity index (χ0n) is 11.0. The average Bonchev–Trinajstić information content (AvgIpc) is 2.81. The number of nitrogens with zero attached hydrogens (tertiary/aromatic N) is 1. The molecule has 0 aliphatic heterocycles. The van der Waals surface area contributed by atoms with E-state index in [9.17, 15) is 4.79 Å². The fourth-order valence-corrected chi connectivity index (χ4v) is 1.80. The van der Waals surface area contributed by atoms with E-state index in [4.69, 9.17) is 0 Å². The molecule has 0 amide bonds. The van der Waals surface area contributed by atoms with Gasteiger partial charge in [-0.3, -0.25) is 4.79 Å². The third kappa shape index (κ3) is 2.86. The van der Waals surface area contributed by atoms with Crippen LogP contribution in [-0.4, -0.2) is 15.8 Å². The molecular weight excluding hydrogens is 224 g/mol. The molecule has 1 N–H and O–H groups in total. The molecule has 3 heteroatoms. The maximum Gasteiger partial charge on any atom is 0.170 e. The Morgan fingerprint density at radius 1 is 1.22 bits per heavy atom. The van der Waals surface area contributed by atoms with E-state index in [1.807, 2.05) is 24.3 Å². The van der Waals surface area contributed by atoms with Crippen LogP contribution in [0.1, 0.15) is 42.5 Å². The van der Waals surface area contributed by atoms with Crippen molar-refractivity contribution in [2.45, 2.75) is 32.6 Å². The van der Waals surface area contributed by atoms with Gasteiger partial charge >= 0.3 is 0 Å². The van der Waals surface area contributed by atoms with Crippen molar-refractivity contribution in [3.8, 4) is 0 Å². The summed E-state index contributed by atoms with van der Waals surface area (Å²) < 4.78 is 0. The number of aromatic nitrogens is 2. The largest absolute Gasteiger partial charge is 0.348 e. The van der Waals surface area contributed by atoms with E-state index in [0.29, 0.717) is 12.2 Å². The SMILES string of the molecule is CC(C)(C)c1ccc(C(=O)Cc2ncc[nH]2)cc1. The number of nitrogens with one attached hydrogen (secondary N) is 1. The van der Waals surface area contributed by atoms with E-state index in [1.165, 1.54) is 5.56 Å². The first-order valence-electron chi connectivity index (χ1n) is 6.09. The predicted molar refractivity (Wildman–Crippen MR) is 71.8 cm³/mol. The van der Waals surface area contributed by atoms with E-state index in [2.05, 4.69) is 30.7 Å². The van der Waals surface area contributed by atoms with Gasteiger partial charge in [-0.2, -0.15) is 0 Å². The minimum absolute atomic E-state index is 0.0883. The molecule has 3 nitrogen and oxygen atoms in total. The smallest absolute Gasteiger partial charge is 0.170 e. The highest BCUT2D eigenvalue weighted by molar-refractivity contribution is 5.97. The molecule has 0 spiro atoms. The highest BCUT2D eigenvalue weighted by atomic mass is 16.1. The Labute approximate surface area is 107 Å². The molecule has 0 aliphatic carbocycles. The third-order valence-electron chi connectivity index (χ3n) is 2.96. The standard InChI is InChI=1S/C15H18N2O/c1-15(2,3)12-6-4-11(5-7-12)13(18)10-14-16-8-9-17-14/h4-9H,10H2,1-3H3,(H,16,17). The number of hydrogen-bond donors (Lipinski definition) is 1. The lowest BCUT2D eigenvalue weighted by atomic mass is 9.86. The van der Waals surface area contributed by atoms with Crippen LogP contribution in [0.5, 0.6) is 0 Å². The molecule has 0 aliphatic rings. The number of carbonyl (C=O) groups is 1. The summed E-state index contributed by atoms with van der Waals surface area (Å²) in [6, 6.07) is 7.84. The fraction of sp³-hybridized carbons (Fsp3) is 0.333. The number of rotatable bonds is 3. The molecule has 0 saturated carbocycles. The summed E-state index contributed by atoms with van der Waals surface area (Å²) in [4.78, 5) is 19.0. The molecule has 0 saturated heterocycles. The van der Waals surface area contributed by atoms with Gasteiger partial charge in [-0.05, 0) is 11.0 Å². The van der Waals surface area contributed by atoms with Crippen LogP contribution in [0.4, 0.5) is 0 Å². The Morgan fingerprint density at radius 2 is 1.89 bits per heavy atom. The molecule has 2 aromatic rings. The number of hydrogen-bond acceptors (Lipinski definition) is 2. The zero-order valence-corrected chi connectivity index (χ0v) is 11.0. The maximum absolute atomic E-state index is 12.0. The van der Waals surface area contributed by atoms with Crippen molar-refractivity contribution in [3.05, 3.63) is 53.6 Å². The lowest BCUT2D eigenvalue weighted by Gasteiger charge is -2.18. The first-order chi connectivity index (χ1) is 8.47. The molecule has 1 aromatic carbocycles. The topological polar surface area (TPSA) is 45.8 Å². The Hall–Kier alpha value is -1.90. The van der Waals surface area contributed by atoms with Crippen molar-refractivity contribution in [1.82, 2.24) is 9.97 Å². The first kappa shape index (κ1) is 12.6. The number of aromatic amines is 1. The van der Waals surface area contributed by atoms with Gasteiger partial charge in [0.1, 0.15) is 5.82 Å². The average molecular weight is 242 g/mol. The van der Waals surface area contributed by atoms with Crippen molar-refractivity contribution in [3.63, 3.8) is 0 Å². The highest BCUT2D eigenvalue weighted by Crippen LogP contribution is 2.22. The Kier molecular flexibility index (Phi) is 3.32. The normalized spacial score (nSPS) is 11.5. The molecular formula is C15H18N2O. The highest BCUT2D eigenvalue weighted by Gasteiger charge is 2.14. The molecule has 94 valence electrons. The number of Topliss-reactive ketones (excluding diaryl/α,β-unsaturated/α-hetero) is 1. The van der Waals surface area contributed by atoms with E-state index < -0.39 is 0 Å². The van der Waals surface area contributed by atoms with Crippen LogP contribution in [0.3, 0.4) is 0 Å². The van der Waals surface area contributed by atoms with Crippen molar-refractivity contribution in [2.24, 2.45) is 0 Å². The van der Waals surface area contributed by atoms with Gasteiger partial charge in [-0.15, -0.1) is 0 Å². The second-order valence-corrected chi connectivity index (χ2v) is 5.46. The summed E-state index contributed by atoms with van der Waals surface area (Å²) in [6.07, 6.45) is 3.71. The summed E-state index contributed by atoms with van der Waals surface area (Å²) in [5.74, 6) is 0.797. The Bertz CT molecular complexity index is 519. The molecule has 0 bridgehead atoms. The van der Waals surface area contributed by atoms with Gasteiger partial charge in [-0.1, -0.05) is 45.0 Å². The molecule has 18 heavy (non-hydrogen) atoms. The van der Waals surface area contributed by atoms with Crippen molar-refractivity contribution in [2.75, 3.05) is 0 Å². The number of H-pyrrole nitrogens is 1. The molecule has 0 atom stereocenters. The molecule has 0 radical (unpaired) electrons. The van der Waals surface area contributed by atoms with Crippen LogP contribution in [-0.2, 0) is 11.8 Å². The first-order valence-corrected chi connectivity index (χ1v) is 6.09. The van der Waals surface area contributed by atoms with Gasteiger partial charge in [0.15, 0.2) is 5.78 Å². The maximum atomic E-state index is 12.0. The van der Waals surface area contributed by atoms with Crippen molar-refractivity contribution in [1.29, 1.82) is 0 Å². The third-order valence-corrected chi connectivity index (χ3v) is 2.96. The van der Waals surface area contributed by atoms with Crippen LogP contribution >= 0.6 is 0 Å². The Morgan fingerprint density at radius 3 is 2.39 bits per heavy atom. The van der Waals surface area contributed by atoms with Gasteiger partial charge in [-0.25, -0.2) is 4.98 Å². The number of ketones is 1. The van der Waals surface area contributed by atoms with Crippen LogP contribution in [0.2, 0.25) is 0 Å². The van der Waals surface area contributed by atoms with Crippen LogP contribution in [0.15, 0.2) is 36.7 Å². The second-order valence-electron chi connectivity index (χ2n) is 5.46. The van der Waals surface area contributed by atoms with Gasteiger partial charge in [0.25, 0.3) is 0 Å². The van der Waals surface area contributed by atoms with Crippen molar-refractivity contribution >= 4 is 5.78 Å². The summed E-state index contributed by atoms with van der Waals surface area (Å²) in [5.41, 5.74) is 2.08. The lowest BCUT2D eigenvalue weighted by Crippen LogP contribution is -2.11.